The number of fused-ring (bicyclic) bond motifs is 10. The molecule has 8 aliphatic carbocycles. The van der Waals surface area contributed by atoms with Crippen molar-refractivity contribution < 1.29 is 39.0 Å². The number of nitrogens with one attached hydrogen (secondary N) is 2. The number of carbonyl (C=O) groups excluding carboxylic acids is 2. The molecule has 0 aromatic carbocycles. The second-order valence-electron chi connectivity index (χ2n) is 22.2. The lowest BCUT2D eigenvalue weighted by Crippen LogP contribution is -2.62. The third kappa shape index (κ3) is 6.12. The maximum absolute atomic E-state index is 12.2. The largest absolute Gasteiger partial charge is 0.458 e. The summed E-state index contributed by atoms with van der Waals surface area (Å²) in [6.07, 6.45) is 23.5. The van der Waals surface area contributed by atoms with Crippen LogP contribution in [-0.4, -0.2) is 72.9 Å². The molecule has 16 atom stereocenters. The molecular weight excluding hydrogens is 733 g/mol. The van der Waals surface area contributed by atoms with Crippen LogP contribution in [0.1, 0.15) is 143 Å². The van der Waals surface area contributed by atoms with Crippen LogP contribution in [0.3, 0.4) is 0 Å². The lowest BCUT2D eigenvalue weighted by molar-refractivity contribution is -0.206. The highest BCUT2D eigenvalue weighted by atomic mass is 16.6. The summed E-state index contributed by atoms with van der Waals surface area (Å²) in [6.45, 7) is 10.5. The van der Waals surface area contributed by atoms with Gasteiger partial charge in [0, 0.05) is 35.1 Å². The lowest BCUT2D eigenvalue weighted by atomic mass is 9.43. The number of hydrogen-bond donors (Lipinski definition) is 4. The van der Waals surface area contributed by atoms with Crippen molar-refractivity contribution in [1.82, 2.24) is 11.0 Å². The second kappa shape index (κ2) is 14.9. The van der Waals surface area contributed by atoms with Crippen molar-refractivity contribution in [2.45, 2.75) is 167 Å². The van der Waals surface area contributed by atoms with Crippen molar-refractivity contribution in [3.8, 4) is 0 Å². The van der Waals surface area contributed by atoms with Gasteiger partial charge in [-0.2, -0.15) is 11.0 Å². The number of rotatable bonds is 6. The van der Waals surface area contributed by atoms with Gasteiger partial charge in [0.25, 0.3) is 0 Å². The molecule has 0 aromatic heterocycles. The van der Waals surface area contributed by atoms with E-state index in [0.717, 1.165) is 87.2 Å². The Bertz CT molecular complexity index is 1560. The summed E-state index contributed by atoms with van der Waals surface area (Å²) in [7, 11) is 3.44. The zero-order valence-electron chi connectivity index (χ0n) is 36.4. The Kier molecular flexibility index (Phi) is 10.7. The van der Waals surface area contributed by atoms with Gasteiger partial charge in [0.2, 0.25) is 0 Å². The van der Waals surface area contributed by atoms with Crippen LogP contribution in [0.25, 0.3) is 0 Å². The molecule has 324 valence electrons. The smallest absolute Gasteiger partial charge is 0.331 e. The molecule has 0 spiro atoms. The third-order valence-corrected chi connectivity index (χ3v) is 20.5. The number of aliphatic hydroxyl groups is 2. The first-order chi connectivity index (χ1) is 27.6. The van der Waals surface area contributed by atoms with E-state index in [1.165, 1.54) is 51.4 Å². The molecule has 0 aromatic rings. The fraction of sp³-hybridized carbons (Fsp3) is 0.875. The summed E-state index contributed by atoms with van der Waals surface area (Å²) < 4.78 is 10.5. The van der Waals surface area contributed by atoms with Crippen LogP contribution in [-0.2, 0) is 28.7 Å². The Balaban J connectivity index is 0.000000150. The number of cyclic esters (lactones) is 2. The van der Waals surface area contributed by atoms with E-state index in [1.807, 2.05) is 0 Å². The molecule has 8 saturated carbocycles. The van der Waals surface area contributed by atoms with Gasteiger partial charge < -0.3 is 29.4 Å². The van der Waals surface area contributed by atoms with Gasteiger partial charge in [-0.15, -0.1) is 0 Å². The highest BCUT2D eigenvalue weighted by Crippen LogP contribution is 2.71. The minimum absolute atomic E-state index is 0.133. The normalized spacial score (nSPS) is 51.7. The zero-order valence-corrected chi connectivity index (χ0v) is 36.4. The predicted molar refractivity (Wildman–Crippen MR) is 219 cm³/mol. The first-order valence-corrected chi connectivity index (χ1v) is 23.4. The van der Waals surface area contributed by atoms with Crippen molar-refractivity contribution in [3.05, 3.63) is 23.3 Å². The molecule has 0 saturated heterocycles. The average molecular weight is 807 g/mol. The molecule has 8 fully saturated rings. The summed E-state index contributed by atoms with van der Waals surface area (Å²) in [4.78, 5) is 33.8. The number of hydrogen-bond acceptors (Lipinski definition) is 10. The Morgan fingerprint density at radius 1 is 0.552 bits per heavy atom. The van der Waals surface area contributed by atoms with Gasteiger partial charge in [0.05, 0.1) is 25.4 Å². The van der Waals surface area contributed by atoms with Crippen molar-refractivity contribution in [1.29, 1.82) is 0 Å². The summed E-state index contributed by atoms with van der Waals surface area (Å²) in [6, 6.07) is 0.934. The molecular formula is C48H74N2O8. The Morgan fingerprint density at radius 2 is 0.966 bits per heavy atom. The van der Waals surface area contributed by atoms with E-state index in [4.69, 9.17) is 19.1 Å². The fourth-order valence-electron chi connectivity index (χ4n) is 17.4. The second-order valence-corrected chi connectivity index (χ2v) is 22.2. The standard InChI is InChI=1S/2C24H37NO4/c2*1-22-9-6-17(25-28-3)13-16(22)4-5-20-19(22)7-10-23(2)18(8-11-24(20,23)27)15-12-21(26)29-14-15/h2*12,16-20,25,27H,4-11,13-14H2,1-3H3/t16-,17+,18-,19?,20?,22+,23-,24+;16-,17-,18-,19?,20?,22+,23-,24+/m11/s1. The summed E-state index contributed by atoms with van der Waals surface area (Å²) >= 11 is 0. The maximum atomic E-state index is 12.2. The highest BCUT2D eigenvalue weighted by molar-refractivity contribution is 5.85. The van der Waals surface area contributed by atoms with Crippen LogP contribution >= 0.6 is 0 Å². The highest BCUT2D eigenvalue weighted by Gasteiger charge is 2.69. The SMILES string of the molecule is CON[C@@H]1CC[C@]2(C)C3CC[C@]4(C)[C@@H](C5=CC(=O)OC5)CC[C@]4(O)C3CC[C@@H]2C1.CON[C@H]1CC[C@]2(C)C3CC[C@]4(C)[C@@H](C5=CC(=O)OC5)CC[C@]4(O)C3CC[C@@H]2C1. The van der Waals surface area contributed by atoms with Gasteiger partial charge >= 0.3 is 11.9 Å². The molecule has 2 heterocycles. The molecule has 0 radical (unpaired) electrons. The molecule has 0 amide bonds. The summed E-state index contributed by atoms with van der Waals surface area (Å²) in [5.74, 6) is 3.59. The molecule has 2 aliphatic heterocycles. The van der Waals surface area contributed by atoms with Crippen LogP contribution in [0, 0.1) is 69.0 Å². The molecule has 10 nitrogen and oxygen atoms in total. The molecule has 58 heavy (non-hydrogen) atoms. The fourth-order valence-corrected chi connectivity index (χ4v) is 17.4. The van der Waals surface area contributed by atoms with Crippen molar-refractivity contribution in [2.75, 3.05) is 27.4 Å². The van der Waals surface area contributed by atoms with Gasteiger partial charge in [0.1, 0.15) is 13.2 Å². The monoisotopic (exact) mass is 807 g/mol. The summed E-state index contributed by atoms with van der Waals surface area (Å²) in [5, 5.41) is 24.4. The predicted octanol–water partition coefficient (Wildman–Crippen LogP) is 7.53. The van der Waals surface area contributed by atoms with Gasteiger partial charge in [-0.25, -0.2) is 9.59 Å². The first-order valence-electron chi connectivity index (χ1n) is 23.4. The molecule has 10 rings (SSSR count). The quantitative estimate of drug-likeness (QED) is 0.158. The van der Waals surface area contributed by atoms with Gasteiger partial charge in [-0.05, 0) is 185 Å². The molecule has 10 heteroatoms. The number of ether oxygens (including phenoxy) is 2. The van der Waals surface area contributed by atoms with E-state index in [0.29, 0.717) is 59.8 Å². The third-order valence-electron chi connectivity index (χ3n) is 20.5. The van der Waals surface area contributed by atoms with Crippen LogP contribution in [0.15, 0.2) is 23.3 Å². The van der Waals surface area contributed by atoms with E-state index < -0.39 is 11.2 Å². The number of carbonyl (C=O) groups is 2. The Morgan fingerprint density at radius 3 is 1.33 bits per heavy atom. The Hall–Kier alpha value is -1.82. The number of esters is 2. The molecule has 0 bridgehead atoms. The van der Waals surface area contributed by atoms with E-state index in [2.05, 4.69) is 38.7 Å². The van der Waals surface area contributed by atoms with E-state index >= 15 is 0 Å². The van der Waals surface area contributed by atoms with Crippen molar-refractivity contribution in [3.63, 3.8) is 0 Å². The molecule has 4 unspecified atom stereocenters. The maximum Gasteiger partial charge on any atom is 0.331 e. The van der Waals surface area contributed by atoms with Crippen molar-refractivity contribution in [2.24, 2.45) is 69.0 Å². The molecule has 4 N–H and O–H groups in total. The van der Waals surface area contributed by atoms with Crippen molar-refractivity contribution >= 4 is 11.9 Å². The Labute approximate surface area is 347 Å². The average Bonchev–Trinajstić information content (AvgIpc) is 3.95. The van der Waals surface area contributed by atoms with E-state index in [-0.39, 0.29) is 34.6 Å². The lowest BCUT2D eigenvalue weighted by Gasteiger charge is -2.63. The minimum Gasteiger partial charge on any atom is -0.458 e. The van der Waals surface area contributed by atoms with Gasteiger partial charge in [-0.1, -0.05) is 27.7 Å². The first kappa shape index (κ1) is 41.5. The summed E-state index contributed by atoms with van der Waals surface area (Å²) in [5.41, 5.74) is 7.83. The van der Waals surface area contributed by atoms with E-state index in [1.54, 1.807) is 26.4 Å². The van der Waals surface area contributed by atoms with Gasteiger partial charge in [0.15, 0.2) is 0 Å². The minimum atomic E-state index is -0.608. The van der Waals surface area contributed by atoms with Gasteiger partial charge in [-0.3, -0.25) is 0 Å². The topological polar surface area (TPSA) is 136 Å². The van der Waals surface area contributed by atoms with Crippen LogP contribution in [0.2, 0.25) is 0 Å². The van der Waals surface area contributed by atoms with Crippen LogP contribution < -0.4 is 11.0 Å². The zero-order chi connectivity index (χ0) is 40.9. The number of hydroxylamine groups is 2. The van der Waals surface area contributed by atoms with Crippen LogP contribution in [0.5, 0.6) is 0 Å². The van der Waals surface area contributed by atoms with E-state index in [9.17, 15) is 19.8 Å². The molecule has 10 aliphatic rings. The van der Waals surface area contributed by atoms with Crippen LogP contribution in [0.4, 0.5) is 0 Å².